The first-order chi connectivity index (χ1) is 12.8. The summed E-state index contributed by atoms with van der Waals surface area (Å²) in [7, 11) is 0. The van der Waals surface area contributed by atoms with Gasteiger partial charge in [-0.1, -0.05) is 80.1 Å². The van der Waals surface area contributed by atoms with Crippen molar-refractivity contribution in [3.8, 4) is 10.6 Å². The van der Waals surface area contributed by atoms with E-state index in [1.54, 1.807) is 0 Å². The fourth-order valence-electron chi connectivity index (χ4n) is 2.59. The highest BCUT2D eigenvalue weighted by Gasteiger charge is 2.13. The molecular formula is C21H22ClN3OS. The Balaban J connectivity index is 1.54. The number of amides is 1. The lowest BCUT2D eigenvalue weighted by Crippen LogP contribution is -2.13. The van der Waals surface area contributed by atoms with Crippen molar-refractivity contribution in [2.75, 3.05) is 5.32 Å². The van der Waals surface area contributed by atoms with Crippen LogP contribution in [0, 0.1) is 0 Å². The molecule has 0 bridgehead atoms. The zero-order chi connectivity index (χ0) is 19.4. The van der Waals surface area contributed by atoms with Gasteiger partial charge in [-0.2, -0.15) is 0 Å². The quantitative estimate of drug-likeness (QED) is 0.596. The SMILES string of the molecule is CC(C)(C)c1ccc(CCC(=O)Nc2nnc(-c3ccc(Cl)cc3)s2)cc1. The molecule has 2 aromatic carbocycles. The van der Waals surface area contributed by atoms with Gasteiger partial charge in [0.15, 0.2) is 0 Å². The minimum atomic E-state index is -0.0614. The number of carbonyl (C=O) groups excluding carboxylic acids is 1. The molecule has 4 nitrogen and oxygen atoms in total. The zero-order valence-corrected chi connectivity index (χ0v) is 17.2. The highest BCUT2D eigenvalue weighted by atomic mass is 35.5. The molecule has 0 aliphatic carbocycles. The third kappa shape index (κ3) is 5.37. The van der Waals surface area contributed by atoms with Crippen LogP contribution >= 0.6 is 22.9 Å². The Morgan fingerprint density at radius 2 is 1.70 bits per heavy atom. The number of rotatable bonds is 5. The Morgan fingerprint density at radius 3 is 2.33 bits per heavy atom. The van der Waals surface area contributed by atoms with Crippen LogP contribution in [0.2, 0.25) is 5.02 Å². The summed E-state index contributed by atoms with van der Waals surface area (Å²) < 4.78 is 0. The normalized spacial score (nSPS) is 11.4. The number of aryl methyl sites for hydroxylation is 1. The van der Waals surface area contributed by atoms with Gasteiger partial charge in [-0.05, 0) is 35.1 Å². The number of carbonyl (C=O) groups is 1. The van der Waals surface area contributed by atoms with Gasteiger partial charge in [0.2, 0.25) is 11.0 Å². The van der Waals surface area contributed by atoms with E-state index in [-0.39, 0.29) is 11.3 Å². The molecule has 0 spiro atoms. The van der Waals surface area contributed by atoms with Gasteiger partial charge in [0.1, 0.15) is 5.01 Å². The Bertz CT molecular complexity index is 912. The highest BCUT2D eigenvalue weighted by Crippen LogP contribution is 2.27. The first-order valence-corrected chi connectivity index (χ1v) is 9.99. The van der Waals surface area contributed by atoms with Crippen LogP contribution in [0.3, 0.4) is 0 Å². The van der Waals surface area contributed by atoms with Crippen LogP contribution in [-0.2, 0) is 16.6 Å². The summed E-state index contributed by atoms with van der Waals surface area (Å²) in [6.45, 7) is 6.57. The van der Waals surface area contributed by atoms with Crippen molar-refractivity contribution < 1.29 is 4.79 Å². The molecule has 1 heterocycles. The number of nitrogens with one attached hydrogen (secondary N) is 1. The van der Waals surface area contributed by atoms with Gasteiger partial charge in [0.25, 0.3) is 0 Å². The molecule has 0 radical (unpaired) electrons. The van der Waals surface area contributed by atoms with E-state index in [9.17, 15) is 4.79 Å². The van der Waals surface area contributed by atoms with Crippen molar-refractivity contribution in [2.45, 2.75) is 39.0 Å². The molecule has 0 atom stereocenters. The second-order valence-electron chi connectivity index (χ2n) is 7.41. The van der Waals surface area contributed by atoms with E-state index in [1.165, 1.54) is 16.9 Å². The van der Waals surface area contributed by atoms with Crippen LogP contribution < -0.4 is 5.32 Å². The lowest BCUT2D eigenvalue weighted by atomic mass is 9.86. The third-order valence-electron chi connectivity index (χ3n) is 4.22. The van der Waals surface area contributed by atoms with E-state index in [2.05, 4.69) is 60.6 Å². The fraction of sp³-hybridized carbons (Fsp3) is 0.286. The van der Waals surface area contributed by atoms with Crippen molar-refractivity contribution in [1.29, 1.82) is 0 Å². The van der Waals surface area contributed by atoms with Crippen LogP contribution in [0.15, 0.2) is 48.5 Å². The summed E-state index contributed by atoms with van der Waals surface area (Å²) >= 11 is 7.25. The summed E-state index contributed by atoms with van der Waals surface area (Å²) in [5.41, 5.74) is 3.50. The highest BCUT2D eigenvalue weighted by molar-refractivity contribution is 7.18. The predicted molar refractivity (Wildman–Crippen MR) is 112 cm³/mol. The summed E-state index contributed by atoms with van der Waals surface area (Å²) in [5, 5.41) is 12.9. The number of halogens is 1. The van der Waals surface area contributed by atoms with Crippen LogP contribution in [0.5, 0.6) is 0 Å². The standard InChI is InChI=1S/C21H22ClN3OS/c1-21(2,3)16-9-4-14(5-10-16)6-13-18(26)23-20-25-24-19(27-20)15-7-11-17(22)12-8-15/h4-5,7-12H,6,13H2,1-3H3,(H,23,25,26). The van der Waals surface area contributed by atoms with E-state index in [0.29, 0.717) is 23.0 Å². The maximum Gasteiger partial charge on any atom is 0.226 e. The summed E-state index contributed by atoms with van der Waals surface area (Å²) in [5.74, 6) is -0.0614. The minimum Gasteiger partial charge on any atom is -0.301 e. The van der Waals surface area contributed by atoms with E-state index in [0.717, 1.165) is 16.1 Å². The van der Waals surface area contributed by atoms with Crippen LogP contribution in [-0.4, -0.2) is 16.1 Å². The molecule has 6 heteroatoms. The molecule has 0 unspecified atom stereocenters. The van der Waals surface area contributed by atoms with Gasteiger partial charge in [0.05, 0.1) is 0 Å². The molecule has 0 aliphatic rings. The molecule has 140 valence electrons. The summed E-state index contributed by atoms with van der Waals surface area (Å²) in [6.07, 6.45) is 1.10. The second kappa shape index (κ2) is 8.19. The van der Waals surface area contributed by atoms with Gasteiger partial charge < -0.3 is 5.32 Å². The number of hydrogen-bond donors (Lipinski definition) is 1. The maximum absolute atomic E-state index is 12.2. The number of hydrogen-bond acceptors (Lipinski definition) is 4. The average Bonchev–Trinajstić information content (AvgIpc) is 3.08. The number of aromatic nitrogens is 2. The maximum atomic E-state index is 12.2. The number of nitrogens with zero attached hydrogens (tertiary/aromatic N) is 2. The van der Waals surface area contributed by atoms with Crippen molar-refractivity contribution in [2.24, 2.45) is 0 Å². The molecule has 1 N–H and O–H groups in total. The van der Waals surface area contributed by atoms with Crippen molar-refractivity contribution in [3.63, 3.8) is 0 Å². The molecule has 3 aromatic rings. The van der Waals surface area contributed by atoms with E-state index < -0.39 is 0 Å². The second-order valence-corrected chi connectivity index (χ2v) is 8.83. The molecule has 0 fully saturated rings. The largest absolute Gasteiger partial charge is 0.301 e. The van der Waals surface area contributed by atoms with E-state index in [1.807, 2.05) is 24.3 Å². The van der Waals surface area contributed by atoms with Crippen LogP contribution in [0.25, 0.3) is 10.6 Å². The van der Waals surface area contributed by atoms with Crippen molar-refractivity contribution in [3.05, 3.63) is 64.7 Å². The predicted octanol–water partition coefficient (Wildman–Crippen LogP) is 5.73. The van der Waals surface area contributed by atoms with Crippen molar-refractivity contribution >= 4 is 34.0 Å². The molecule has 0 aliphatic heterocycles. The monoisotopic (exact) mass is 399 g/mol. The Morgan fingerprint density at radius 1 is 1.04 bits per heavy atom. The van der Waals surface area contributed by atoms with Gasteiger partial charge in [-0.3, -0.25) is 4.79 Å². The van der Waals surface area contributed by atoms with Gasteiger partial charge in [0, 0.05) is 17.0 Å². The average molecular weight is 400 g/mol. The lowest BCUT2D eigenvalue weighted by Gasteiger charge is -2.19. The van der Waals surface area contributed by atoms with Crippen molar-refractivity contribution in [1.82, 2.24) is 10.2 Å². The lowest BCUT2D eigenvalue weighted by molar-refractivity contribution is -0.116. The summed E-state index contributed by atoms with van der Waals surface area (Å²) in [4.78, 5) is 12.2. The molecule has 3 rings (SSSR count). The van der Waals surface area contributed by atoms with Gasteiger partial charge in [-0.15, -0.1) is 10.2 Å². The molecule has 27 heavy (non-hydrogen) atoms. The van der Waals surface area contributed by atoms with Crippen LogP contribution in [0.4, 0.5) is 5.13 Å². The smallest absolute Gasteiger partial charge is 0.226 e. The van der Waals surface area contributed by atoms with Gasteiger partial charge >= 0.3 is 0 Å². The zero-order valence-electron chi connectivity index (χ0n) is 15.6. The van der Waals surface area contributed by atoms with Crippen LogP contribution in [0.1, 0.15) is 38.3 Å². The third-order valence-corrected chi connectivity index (χ3v) is 5.36. The molecule has 1 amide bonds. The molecular weight excluding hydrogens is 378 g/mol. The minimum absolute atomic E-state index is 0.0614. The Kier molecular flexibility index (Phi) is 5.92. The molecule has 0 saturated heterocycles. The number of anilines is 1. The molecule has 1 aromatic heterocycles. The Hall–Kier alpha value is -2.24. The fourth-order valence-corrected chi connectivity index (χ4v) is 3.49. The van der Waals surface area contributed by atoms with E-state index in [4.69, 9.17) is 11.6 Å². The topological polar surface area (TPSA) is 54.9 Å². The molecule has 0 saturated carbocycles. The number of benzene rings is 2. The summed E-state index contributed by atoms with van der Waals surface area (Å²) in [6, 6.07) is 15.8. The Labute approximate surface area is 168 Å². The first kappa shape index (κ1) is 19.5. The first-order valence-electron chi connectivity index (χ1n) is 8.80. The van der Waals surface area contributed by atoms with Gasteiger partial charge in [-0.25, -0.2) is 0 Å². The van der Waals surface area contributed by atoms with E-state index >= 15 is 0 Å².